The first kappa shape index (κ1) is 24.2. The first-order valence-corrected chi connectivity index (χ1v) is 11.5. The minimum Gasteiger partial charge on any atom is -0.354 e. The number of alkyl halides is 3. The lowest BCUT2D eigenvalue weighted by Crippen LogP contribution is -2.55. The van der Waals surface area contributed by atoms with Crippen LogP contribution >= 0.6 is 22.6 Å². The smallest absolute Gasteiger partial charge is 0.354 e. The standard InChI is InChI=1S/C21H26F4IN3O2/c22-16-10-15(11-17(26)12-16)18(30)28-13-14-2-7-29(8-3-14)9-6-27-19(31)20(4-1-5-20)21(23,24)25/h10-12,14H,1-9,13H2,(H,27,31)(H,28,30). The molecule has 10 heteroatoms. The number of rotatable bonds is 7. The molecule has 1 aliphatic carbocycles. The number of piperidine rings is 1. The fourth-order valence-corrected chi connectivity index (χ4v) is 4.74. The lowest BCUT2D eigenvalue weighted by Gasteiger charge is -2.41. The first-order chi connectivity index (χ1) is 14.6. The van der Waals surface area contributed by atoms with Gasteiger partial charge < -0.3 is 15.5 Å². The first-order valence-electron chi connectivity index (χ1n) is 10.4. The molecule has 0 atom stereocenters. The maximum atomic E-state index is 13.5. The third-order valence-corrected chi connectivity index (χ3v) is 6.90. The van der Waals surface area contributed by atoms with Crippen molar-refractivity contribution in [2.24, 2.45) is 11.3 Å². The summed E-state index contributed by atoms with van der Waals surface area (Å²) >= 11 is 1.96. The maximum absolute atomic E-state index is 13.5. The highest BCUT2D eigenvalue weighted by molar-refractivity contribution is 14.1. The molecular weight excluding hydrogens is 529 g/mol. The summed E-state index contributed by atoms with van der Waals surface area (Å²) in [6.07, 6.45) is -2.66. The predicted molar refractivity (Wildman–Crippen MR) is 116 cm³/mol. The fraction of sp³-hybridized carbons (Fsp3) is 0.619. The van der Waals surface area contributed by atoms with Gasteiger partial charge in [-0.2, -0.15) is 13.2 Å². The minimum atomic E-state index is -4.50. The molecule has 2 amide bonds. The molecule has 31 heavy (non-hydrogen) atoms. The molecule has 1 saturated carbocycles. The predicted octanol–water partition coefficient (Wildman–Crippen LogP) is 3.72. The lowest BCUT2D eigenvalue weighted by molar-refractivity contribution is -0.243. The highest BCUT2D eigenvalue weighted by atomic mass is 127. The van der Waals surface area contributed by atoms with Crippen molar-refractivity contribution in [2.45, 2.75) is 38.3 Å². The molecule has 1 heterocycles. The highest BCUT2D eigenvalue weighted by Gasteiger charge is 2.63. The Balaban J connectivity index is 1.35. The van der Waals surface area contributed by atoms with E-state index in [1.807, 2.05) is 22.6 Å². The number of benzene rings is 1. The van der Waals surface area contributed by atoms with Gasteiger partial charge in [0.25, 0.3) is 5.91 Å². The van der Waals surface area contributed by atoms with E-state index < -0.39 is 23.3 Å². The Morgan fingerprint density at radius 3 is 2.35 bits per heavy atom. The van der Waals surface area contributed by atoms with Gasteiger partial charge in [0.1, 0.15) is 11.2 Å². The number of carbonyl (C=O) groups is 2. The maximum Gasteiger partial charge on any atom is 0.403 e. The topological polar surface area (TPSA) is 61.4 Å². The van der Waals surface area contributed by atoms with Gasteiger partial charge in [-0.15, -0.1) is 0 Å². The monoisotopic (exact) mass is 555 g/mol. The summed E-state index contributed by atoms with van der Waals surface area (Å²) < 4.78 is 53.7. The third kappa shape index (κ3) is 5.88. The number of carbonyl (C=O) groups excluding carboxylic acids is 2. The lowest BCUT2D eigenvalue weighted by atomic mass is 9.67. The Labute approximate surface area is 192 Å². The zero-order valence-corrected chi connectivity index (χ0v) is 19.2. The van der Waals surface area contributed by atoms with Gasteiger partial charge in [-0.05, 0) is 85.5 Å². The molecule has 0 spiro atoms. The van der Waals surface area contributed by atoms with Crippen LogP contribution in [-0.4, -0.2) is 55.6 Å². The Morgan fingerprint density at radius 2 is 1.81 bits per heavy atom. The molecule has 2 fully saturated rings. The molecule has 5 nitrogen and oxygen atoms in total. The fourth-order valence-electron chi connectivity index (χ4n) is 4.10. The van der Waals surface area contributed by atoms with Crippen molar-refractivity contribution in [3.05, 3.63) is 33.1 Å². The molecule has 1 aromatic carbocycles. The molecule has 2 aliphatic rings. The molecule has 1 aliphatic heterocycles. The van der Waals surface area contributed by atoms with Gasteiger partial charge in [-0.25, -0.2) is 4.39 Å². The van der Waals surface area contributed by atoms with Gasteiger partial charge in [0.15, 0.2) is 0 Å². The Morgan fingerprint density at radius 1 is 1.13 bits per heavy atom. The van der Waals surface area contributed by atoms with E-state index in [4.69, 9.17) is 0 Å². The molecule has 1 saturated heterocycles. The van der Waals surface area contributed by atoms with Crippen LogP contribution in [0.15, 0.2) is 18.2 Å². The van der Waals surface area contributed by atoms with E-state index in [1.54, 1.807) is 6.07 Å². The van der Waals surface area contributed by atoms with Crippen molar-refractivity contribution in [1.82, 2.24) is 15.5 Å². The number of hydrogen-bond donors (Lipinski definition) is 2. The molecule has 1 aromatic rings. The average molecular weight is 555 g/mol. The number of nitrogens with zero attached hydrogens (tertiary/aromatic N) is 1. The van der Waals surface area contributed by atoms with Crippen molar-refractivity contribution in [2.75, 3.05) is 32.7 Å². The van der Waals surface area contributed by atoms with Crippen LogP contribution in [0.3, 0.4) is 0 Å². The van der Waals surface area contributed by atoms with Crippen molar-refractivity contribution >= 4 is 34.4 Å². The molecule has 0 unspecified atom stereocenters. The van der Waals surface area contributed by atoms with E-state index >= 15 is 0 Å². The minimum absolute atomic E-state index is 0.131. The van der Waals surface area contributed by atoms with Gasteiger partial charge in [-0.1, -0.05) is 6.42 Å². The van der Waals surface area contributed by atoms with E-state index in [9.17, 15) is 27.2 Å². The van der Waals surface area contributed by atoms with Crippen molar-refractivity contribution in [1.29, 1.82) is 0 Å². The number of amides is 2. The summed E-state index contributed by atoms with van der Waals surface area (Å²) in [6, 6.07) is 4.19. The Kier molecular flexibility index (Phi) is 7.82. The van der Waals surface area contributed by atoms with Crippen LogP contribution in [0.1, 0.15) is 42.5 Å². The van der Waals surface area contributed by atoms with Gasteiger partial charge in [0.05, 0.1) is 0 Å². The van der Waals surface area contributed by atoms with Crippen LogP contribution in [-0.2, 0) is 4.79 Å². The SMILES string of the molecule is O=C(NCC1CCN(CCNC(=O)C2(C(F)(F)F)CCC2)CC1)c1cc(F)cc(I)c1. The second-order valence-corrected chi connectivity index (χ2v) is 9.59. The molecule has 0 radical (unpaired) electrons. The summed E-state index contributed by atoms with van der Waals surface area (Å²) in [5.74, 6) is -1.38. The van der Waals surface area contributed by atoms with Crippen LogP contribution < -0.4 is 10.6 Å². The summed E-state index contributed by atoms with van der Waals surface area (Å²) in [7, 11) is 0. The number of halogens is 5. The molecule has 2 N–H and O–H groups in total. The Hall–Kier alpha value is -1.43. The van der Waals surface area contributed by atoms with Gasteiger partial charge in [0.2, 0.25) is 5.91 Å². The van der Waals surface area contributed by atoms with E-state index in [0.717, 1.165) is 25.9 Å². The summed E-state index contributed by atoms with van der Waals surface area (Å²) in [5, 5.41) is 5.32. The van der Waals surface area contributed by atoms with E-state index in [2.05, 4.69) is 15.5 Å². The molecule has 0 aromatic heterocycles. The van der Waals surface area contributed by atoms with E-state index in [0.29, 0.717) is 28.6 Å². The van der Waals surface area contributed by atoms with Gasteiger partial charge in [0, 0.05) is 28.8 Å². The number of hydrogen-bond acceptors (Lipinski definition) is 3. The summed E-state index contributed by atoms with van der Waals surface area (Å²) in [6.45, 7) is 2.68. The van der Waals surface area contributed by atoms with Crippen molar-refractivity contribution in [3.8, 4) is 0 Å². The third-order valence-electron chi connectivity index (χ3n) is 6.28. The van der Waals surface area contributed by atoms with Crippen molar-refractivity contribution < 1.29 is 27.2 Å². The molecule has 0 bridgehead atoms. The summed E-state index contributed by atoms with van der Waals surface area (Å²) in [4.78, 5) is 26.4. The van der Waals surface area contributed by atoms with Crippen LogP contribution in [0, 0.1) is 20.7 Å². The van der Waals surface area contributed by atoms with Crippen LogP contribution in [0.2, 0.25) is 0 Å². The molecule has 172 valence electrons. The van der Waals surface area contributed by atoms with E-state index in [-0.39, 0.29) is 31.2 Å². The van der Waals surface area contributed by atoms with Gasteiger partial charge >= 0.3 is 6.18 Å². The number of likely N-dealkylation sites (tertiary alicyclic amines) is 1. The highest BCUT2D eigenvalue weighted by Crippen LogP contribution is 2.53. The van der Waals surface area contributed by atoms with Crippen LogP contribution in [0.4, 0.5) is 17.6 Å². The second-order valence-electron chi connectivity index (χ2n) is 8.34. The van der Waals surface area contributed by atoms with Crippen LogP contribution in [0.5, 0.6) is 0 Å². The quantitative estimate of drug-likeness (QED) is 0.399. The zero-order chi connectivity index (χ0) is 22.6. The van der Waals surface area contributed by atoms with Gasteiger partial charge in [-0.3, -0.25) is 9.59 Å². The Bertz CT molecular complexity index is 786. The molecular formula is C21H26F4IN3O2. The van der Waals surface area contributed by atoms with Crippen LogP contribution in [0.25, 0.3) is 0 Å². The summed E-state index contributed by atoms with van der Waals surface area (Å²) in [5.41, 5.74) is -1.90. The normalized spacial score (nSPS) is 19.5. The van der Waals surface area contributed by atoms with E-state index in [1.165, 1.54) is 12.1 Å². The average Bonchev–Trinajstić information content (AvgIpc) is 2.64. The second kappa shape index (κ2) is 10.0. The largest absolute Gasteiger partial charge is 0.403 e. The molecule has 3 rings (SSSR count). The zero-order valence-electron chi connectivity index (χ0n) is 17.0. The van der Waals surface area contributed by atoms with Crippen molar-refractivity contribution in [3.63, 3.8) is 0 Å². The number of nitrogens with one attached hydrogen (secondary N) is 2.